The van der Waals surface area contributed by atoms with Crippen LogP contribution < -0.4 is 0 Å². The molecule has 0 N–H and O–H groups in total. The highest BCUT2D eigenvalue weighted by molar-refractivity contribution is 9.12. The summed E-state index contributed by atoms with van der Waals surface area (Å²) in [7, 11) is 0. The minimum Gasteiger partial charge on any atom is -0.260 e. The predicted octanol–water partition coefficient (Wildman–Crippen LogP) is 4.05. The predicted molar refractivity (Wildman–Crippen MR) is 69.4 cm³/mol. The molecule has 1 rings (SSSR count). The van der Waals surface area contributed by atoms with Crippen LogP contribution in [0.1, 0.15) is 23.0 Å². The van der Waals surface area contributed by atoms with Crippen molar-refractivity contribution >= 4 is 48.8 Å². The molecule has 1 unspecified atom stereocenters. The van der Waals surface area contributed by atoms with Gasteiger partial charge in [-0.25, -0.2) is 0 Å². The summed E-state index contributed by atoms with van der Waals surface area (Å²) in [5.41, 5.74) is 2.37. The lowest BCUT2D eigenvalue weighted by Crippen LogP contribution is -1.95. The van der Waals surface area contributed by atoms with Crippen LogP contribution in [-0.2, 0) is 6.42 Å². The molecule has 0 radical (unpaired) electrons. The van der Waals surface area contributed by atoms with Gasteiger partial charge in [-0.2, -0.15) is 0 Å². The van der Waals surface area contributed by atoms with Gasteiger partial charge in [0.05, 0.1) is 10.5 Å². The lowest BCUT2D eigenvalue weighted by atomic mass is 10.2. The van der Waals surface area contributed by atoms with Crippen molar-refractivity contribution in [2.24, 2.45) is 0 Å². The molecular formula is C9H12Br3N. The molecule has 0 bridgehead atoms. The zero-order valence-electron chi connectivity index (χ0n) is 7.34. The molecule has 0 aliphatic rings. The first kappa shape index (κ1) is 13.6. The molecule has 1 aromatic heterocycles. The molecule has 0 aliphatic heterocycles. The number of alkyl halides is 2. The van der Waals surface area contributed by atoms with E-state index in [0.717, 1.165) is 17.4 Å². The van der Waals surface area contributed by atoms with Crippen LogP contribution >= 0.6 is 48.8 Å². The van der Waals surface area contributed by atoms with Crippen LogP contribution in [0, 0.1) is 0 Å². The summed E-state index contributed by atoms with van der Waals surface area (Å²) >= 11 is 6.92. The fraction of sp³-hybridized carbons (Fsp3) is 0.444. The van der Waals surface area contributed by atoms with Gasteiger partial charge in [0.25, 0.3) is 0 Å². The zero-order chi connectivity index (χ0) is 8.97. The SMILES string of the molecule is Br.CCc1ccc(C(Br)CBr)nc1. The van der Waals surface area contributed by atoms with Crippen molar-refractivity contribution < 1.29 is 0 Å². The van der Waals surface area contributed by atoms with Crippen LogP contribution in [0.15, 0.2) is 18.3 Å². The van der Waals surface area contributed by atoms with Gasteiger partial charge in [-0.05, 0) is 18.1 Å². The Labute approximate surface area is 106 Å². The quantitative estimate of drug-likeness (QED) is 0.728. The Morgan fingerprint density at radius 3 is 2.54 bits per heavy atom. The zero-order valence-corrected chi connectivity index (χ0v) is 12.2. The Bertz CT molecular complexity index is 235. The van der Waals surface area contributed by atoms with Gasteiger partial charge in [0.15, 0.2) is 0 Å². The molecule has 13 heavy (non-hydrogen) atoms. The van der Waals surface area contributed by atoms with Crippen molar-refractivity contribution in [3.8, 4) is 0 Å². The largest absolute Gasteiger partial charge is 0.260 e. The van der Waals surface area contributed by atoms with Gasteiger partial charge < -0.3 is 0 Å². The van der Waals surface area contributed by atoms with E-state index < -0.39 is 0 Å². The Kier molecular flexibility index (Phi) is 7.27. The Morgan fingerprint density at radius 1 is 1.46 bits per heavy atom. The van der Waals surface area contributed by atoms with Crippen LogP contribution in [0.5, 0.6) is 0 Å². The molecule has 0 amide bonds. The summed E-state index contributed by atoms with van der Waals surface area (Å²) in [5.74, 6) is 0. The monoisotopic (exact) mass is 371 g/mol. The molecule has 1 nitrogen and oxygen atoms in total. The number of aryl methyl sites for hydroxylation is 1. The number of aromatic nitrogens is 1. The normalized spacial score (nSPS) is 11.9. The first-order chi connectivity index (χ1) is 5.77. The van der Waals surface area contributed by atoms with Gasteiger partial charge in [0.1, 0.15) is 0 Å². The van der Waals surface area contributed by atoms with Gasteiger partial charge in [0.2, 0.25) is 0 Å². The maximum Gasteiger partial charge on any atom is 0.0664 e. The van der Waals surface area contributed by atoms with Gasteiger partial charge in [-0.15, -0.1) is 17.0 Å². The van der Waals surface area contributed by atoms with Gasteiger partial charge in [-0.1, -0.05) is 44.8 Å². The number of halogens is 3. The van der Waals surface area contributed by atoms with E-state index in [-0.39, 0.29) is 17.0 Å². The smallest absolute Gasteiger partial charge is 0.0664 e. The van der Waals surface area contributed by atoms with Gasteiger partial charge >= 0.3 is 0 Å². The molecule has 1 atom stereocenters. The lowest BCUT2D eigenvalue weighted by molar-refractivity contribution is 1.01. The average Bonchev–Trinajstić information content (AvgIpc) is 2.17. The minimum atomic E-state index is 0. The van der Waals surface area contributed by atoms with E-state index in [1.165, 1.54) is 5.56 Å². The van der Waals surface area contributed by atoms with Gasteiger partial charge in [-0.3, -0.25) is 4.98 Å². The van der Waals surface area contributed by atoms with Crippen LogP contribution in [0.25, 0.3) is 0 Å². The number of nitrogens with zero attached hydrogens (tertiary/aromatic N) is 1. The highest BCUT2D eigenvalue weighted by Crippen LogP contribution is 2.22. The summed E-state index contributed by atoms with van der Waals surface area (Å²) in [6.45, 7) is 2.13. The first-order valence-corrected chi connectivity index (χ1v) is 5.96. The van der Waals surface area contributed by atoms with E-state index in [2.05, 4.69) is 55.9 Å². The van der Waals surface area contributed by atoms with Crippen molar-refractivity contribution in [3.63, 3.8) is 0 Å². The topological polar surface area (TPSA) is 12.9 Å². The summed E-state index contributed by atoms with van der Waals surface area (Å²) < 4.78 is 0. The van der Waals surface area contributed by atoms with Crippen LogP contribution in [0.3, 0.4) is 0 Å². The van der Waals surface area contributed by atoms with Crippen molar-refractivity contribution in [2.45, 2.75) is 18.2 Å². The molecule has 0 fully saturated rings. The highest BCUT2D eigenvalue weighted by Gasteiger charge is 2.05. The Hall–Kier alpha value is 0.590. The number of hydrogen-bond donors (Lipinski definition) is 0. The third-order valence-corrected chi connectivity index (χ3v) is 4.02. The van der Waals surface area contributed by atoms with E-state index in [4.69, 9.17) is 0 Å². The second-order valence-corrected chi connectivity index (χ2v) is 4.32. The number of rotatable bonds is 3. The van der Waals surface area contributed by atoms with Crippen molar-refractivity contribution in [3.05, 3.63) is 29.6 Å². The van der Waals surface area contributed by atoms with E-state index >= 15 is 0 Å². The summed E-state index contributed by atoms with van der Waals surface area (Å²) in [5, 5.41) is 0.894. The number of pyridine rings is 1. The fourth-order valence-electron chi connectivity index (χ4n) is 0.909. The molecule has 0 aromatic carbocycles. The third kappa shape index (κ3) is 4.09. The molecule has 0 spiro atoms. The van der Waals surface area contributed by atoms with Crippen molar-refractivity contribution in [1.29, 1.82) is 0 Å². The van der Waals surface area contributed by atoms with Gasteiger partial charge in [0, 0.05) is 11.5 Å². The maximum atomic E-state index is 4.34. The van der Waals surface area contributed by atoms with Crippen LogP contribution in [0.2, 0.25) is 0 Å². The number of hydrogen-bond acceptors (Lipinski definition) is 1. The molecule has 0 saturated heterocycles. The Balaban J connectivity index is 0.00000144. The highest BCUT2D eigenvalue weighted by atomic mass is 79.9. The fourth-order valence-corrected chi connectivity index (χ4v) is 1.51. The summed E-state index contributed by atoms with van der Waals surface area (Å²) in [6, 6.07) is 4.19. The van der Waals surface area contributed by atoms with Crippen molar-refractivity contribution in [1.82, 2.24) is 4.98 Å². The standard InChI is InChI=1S/C9H11Br2N.BrH/c1-2-7-3-4-9(12-6-7)8(11)5-10;/h3-4,6,8H,2,5H2,1H3;1H. The minimum absolute atomic E-state index is 0. The molecule has 1 aromatic rings. The maximum absolute atomic E-state index is 4.34. The molecular weight excluding hydrogens is 362 g/mol. The van der Waals surface area contributed by atoms with E-state index in [0.29, 0.717) is 4.83 Å². The van der Waals surface area contributed by atoms with E-state index in [1.807, 2.05) is 6.20 Å². The third-order valence-electron chi connectivity index (χ3n) is 1.71. The lowest BCUT2D eigenvalue weighted by Gasteiger charge is -2.05. The molecule has 1 heterocycles. The Morgan fingerprint density at radius 2 is 2.15 bits per heavy atom. The van der Waals surface area contributed by atoms with Crippen LogP contribution in [-0.4, -0.2) is 10.3 Å². The summed E-state index contributed by atoms with van der Waals surface area (Å²) in [4.78, 5) is 4.67. The van der Waals surface area contributed by atoms with E-state index in [9.17, 15) is 0 Å². The second-order valence-electron chi connectivity index (χ2n) is 2.57. The molecule has 0 aliphatic carbocycles. The summed E-state index contributed by atoms with van der Waals surface area (Å²) in [6.07, 6.45) is 2.99. The molecule has 74 valence electrons. The van der Waals surface area contributed by atoms with Crippen LogP contribution in [0.4, 0.5) is 0 Å². The molecule has 0 saturated carbocycles. The van der Waals surface area contributed by atoms with Crippen molar-refractivity contribution in [2.75, 3.05) is 5.33 Å². The van der Waals surface area contributed by atoms with E-state index in [1.54, 1.807) is 0 Å². The first-order valence-electron chi connectivity index (χ1n) is 3.92. The second kappa shape index (κ2) is 6.96. The average molecular weight is 374 g/mol. The molecule has 4 heteroatoms.